The summed E-state index contributed by atoms with van der Waals surface area (Å²) in [4.78, 5) is 14.0. The summed E-state index contributed by atoms with van der Waals surface area (Å²) in [6.45, 7) is 4.42. The highest BCUT2D eigenvalue weighted by atomic mass is 35.5. The summed E-state index contributed by atoms with van der Waals surface area (Å²) in [5.74, 6) is -0.0901. The van der Waals surface area contributed by atoms with E-state index in [0.717, 1.165) is 18.4 Å². The Bertz CT molecular complexity index is 456. The molecule has 4 heteroatoms. The quantitative estimate of drug-likeness (QED) is 0.784. The van der Waals surface area contributed by atoms with Crippen molar-refractivity contribution in [2.75, 3.05) is 13.2 Å². The second kappa shape index (κ2) is 8.77. The molecule has 0 saturated carbocycles. The van der Waals surface area contributed by atoms with E-state index < -0.39 is 0 Å². The minimum absolute atomic E-state index is 0.0256. The van der Waals surface area contributed by atoms with Crippen molar-refractivity contribution < 1.29 is 9.90 Å². The first kappa shape index (κ1) is 16.7. The monoisotopic (exact) mass is 295 g/mol. The first-order chi connectivity index (χ1) is 9.63. The molecule has 0 unspecified atom stereocenters. The second-order valence-electron chi connectivity index (χ2n) is 4.58. The van der Waals surface area contributed by atoms with E-state index in [4.69, 9.17) is 16.7 Å². The fourth-order valence-electron chi connectivity index (χ4n) is 2.18. The SMILES string of the molecule is CCC(CC)N(CCO)C(=O)C=Cc1ccccc1Cl. The van der Waals surface area contributed by atoms with Crippen LogP contribution < -0.4 is 0 Å². The number of carbonyl (C=O) groups excluding carboxylic acids is 1. The maximum atomic E-state index is 12.3. The Hall–Kier alpha value is -1.32. The van der Waals surface area contributed by atoms with Gasteiger partial charge < -0.3 is 10.0 Å². The highest BCUT2D eigenvalue weighted by Crippen LogP contribution is 2.17. The normalized spacial score (nSPS) is 11.2. The number of amides is 1. The molecular weight excluding hydrogens is 274 g/mol. The van der Waals surface area contributed by atoms with Crippen LogP contribution in [0.15, 0.2) is 30.3 Å². The molecule has 1 aromatic rings. The third kappa shape index (κ3) is 4.66. The highest BCUT2D eigenvalue weighted by molar-refractivity contribution is 6.32. The van der Waals surface area contributed by atoms with Crippen LogP contribution in [0.3, 0.4) is 0 Å². The average Bonchev–Trinajstić information content (AvgIpc) is 2.46. The van der Waals surface area contributed by atoms with Crippen LogP contribution in [-0.2, 0) is 4.79 Å². The van der Waals surface area contributed by atoms with E-state index in [1.165, 1.54) is 6.08 Å². The molecule has 1 amide bonds. The number of halogens is 1. The molecule has 1 rings (SSSR count). The van der Waals surface area contributed by atoms with Crippen LogP contribution in [0.5, 0.6) is 0 Å². The molecule has 0 aliphatic rings. The van der Waals surface area contributed by atoms with Crippen LogP contribution in [0.25, 0.3) is 6.08 Å². The molecule has 0 radical (unpaired) electrons. The van der Waals surface area contributed by atoms with E-state index in [9.17, 15) is 4.79 Å². The molecule has 20 heavy (non-hydrogen) atoms. The Morgan fingerprint density at radius 3 is 2.55 bits per heavy atom. The largest absolute Gasteiger partial charge is 0.395 e. The van der Waals surface area contributed by atoms with Gasteiger partial charge in [-0.3, -0.25) is 4.79 Å². The van der Waals surface area contributed by atoms with Gasteiger partial charge in [0.05, 0.1) is 6.61 Å². The van der Waals surface area contributed by atoms with E-state index in [1.807, 2.05) is 32.0 Å². The van der Waals surface area contributed by atoms with Gasteiger partial charge in [0.1, 0.15) is 0 Å². The predicted octanol–water partition coefficient (Wildman–Crippen LogP) is 3.36. The molecule has 110 valence electrons. The Labute approximate surface area is 125 Å². The van der Waals surface area contributed by atoms with Gasteiger partial charge in [-0.05, 0) is 30.5 Å². The van der Waals surface area contributed by atoms with Crippen molar-refractivity contribution in [2.24, 2.45) is 0 Å². The van der Waals surface area contributed by atoms with Crippen LogP contribution >= 0.6 is 11.6 Å². The van der Waals surface area contributed by atoms with Crippen LogP contribution in [0.4, 0.5) is 0 Å². The summed E-state index contributed by atoms with van der Waals surface area (Å²) < 4.78 is 0. The van der Waals surface area contributed by atoms with Crippen molar-refractivity contribution in [1.29, 1.82) is 0 Å². The zero-order valence-corrected chi connectivity index (χ0v) is 12.8. The maximum absolute atomic E-state index is 12.3. The van der Waals surface area contributed by atoms with E-state index in [2.05, 4.69) is 0 Å². The van der Waals surface area contributed by atoms with Crippen molar-refractivity contribution >= 4 is 23.6 Å². The number of rotatable bonds is 7. The number of benzene rings is 1. The molecule has 1 aromatic carbocycles. The smallest absolute Gasteiger partial charge is 0.246 e. The lowest BCUT2D eigenvalue weighted by atomic mass is 10.1. The molecule has 0 bridgehead atoms. The number of hydrogen-bond acceptors (Lipinski definition) is 2. The third-order valence-corrected chi connectivity index (χ3v) is 3.66. The standard InChI is InChI=1S/C16H22ClNO2/c1-3-14(4-2)18(11-12-19)16(20)10-9-13-7-5-6-8-15(13)17/h5-10,14,19H,3-4,11-12H2,1-2H3. The average molecular weight is 296 g/mol. The summed E-state index contributed by atoms with van der Waals surface area (Å²) >= 11 is 6.05. The minimum Gasteiger partial charge on any atom is -0.395 e. The van der Waals surface area contributed by atoms with Crippen molar-refractivity contribution in [3.05, 3.63) is 40.9 Å². The van der Waals surface area contributed by atoms with Gasteiger partial charge in [0.2, 0.25) is 5.91 Å². The Morgan fingerprint density at radius 1 is 1.35 bits per heavy atom. The van der Waals surface area contributed by atoms with Crippen LogP contribution in [0.1, 0.15) is 32.3 Å². The van der Waals surface area contributed by atoms with Gasteiger partial charge in [-0.2, -0.15) is 0 Å². The third-order valence-electron chi connectivity index (χ3n) is 3.32. The molecule has 1 N–H and O–H groups in total. The van der Waals surface area contributed by atoms with E-state index >= 15 is 0 Å². The molecule has 0 aliphatic heterocycles. The topological polar surface area (TPSA) is 40.5 Å². The molecule has 0 fully saturated rings. The zero-order chi connectivity index (χ0) is 15.0. The molecule has 0 aromatic heterocycles. The first-order valence-electron chi connectivity index (χ1n) is 6.98. The van der Waals surface area contributed by atoms with Gasteiger partial charge >= 0.3 is 0 Å². The minimum atomic E-state index is -0.0901. The second-order valence-corrected chi connectivity index (χ2v) is 4.99. The molecular formula is C16H22ClNO2. The lowest BCUT2D eigenvalue weighted by molar-refractivity contribution is -0.128. The van der Waals surface area contributed by atoms with Gasteiger partial charge in [0, 0.05) is 23.7 Å². The lowest BCUT2D eigenvalue weighted by Crippen LogP contribution is -2.40. The zero-order valence-electron chi connectivity index (χ0n) is 12.1. The predicted molar refractivity (Wildman–Crippen MR) is 83.7 cm³/mol. The van der Waals surface area contributed by atoms with E-state index in [0.29, 0.717) is 11.6 Å². The summed E-state index contributed by atoms with van der Waals surface area (Å²) in [7, 11) is 0. The number of aliphatic hydroxyl groups is 1. The maximum Gasteiger partial charge on any atom is 0.246 e. The molecule has 0 heterocycles. The van der Waals surface area contributed by atoms with Crippen molar-refractivity contribution in [3.8, 4) is 0 Å². The van der Waals surface area contributed by atoms with Gasteiger partial charge in [0.25, 0.3) is 0 Å². The number of aliphatic hydroxyl groups excluding tert-OH is 1. The van der Waals surface area contributed by atoms with E-state index in [1.54, 1.807) is 17.0 Å². The van der Waals surface area contributed by atoms with Crippen molar-refractivity contribution in [1.82, 2.24) is 4.90 Å². The Morgan fingerprint density at radius 2 is 2.00 bits per heavy atom. The number of nitrogens with zero attached hydrogens (tertiary/aromatic N) is 1. The lowest BCUT2D eigenvalue weighted by Gasteiger charge is -2.29. The van der Waals surface area contributed by atoms with Gasteiger partial charge in [-0.25, -0.2) is 0 Å². The van der Waals surface area contributed by atoms with Crippen molar-refractivity contribution in [3.63, 3.8) is 0 Å². The van der Waals surface area contributed by atoms with Gasteiger partial charge in [0.15, 0.2) is 0 Å². The summed E-state index contributed by atoms with van der Waals surface area (Å²) in [6.07, 6.45) is 5.00. The van der Waals surface area contributed by atoms with E-state index in [-0.39, 0.29) is 18.6 Å². The molecule has 3 nitrogen and oxygen atoms in total. The number of hydrogen-bond donors (Lipinski definition) is 1. The summed E-state index contributed by atoms with van der Waals surface area (Å²) in [6, 6.07) is 7.54. The molecule has 0 atom stereocenters. The fraction of sp³-hybridized carbons (Fsp3) is 0.438. The fourth-order valence-corrected chi connectivity index (χ4v) is 2.38. The van der Waals surface area contributed by atoms with Gasteiger partial charge in [-0.1, -0.05) is 43.6 Å². The molecule has 0 saturated heterocycles. The summed E-state index contributed by atoms with van der Waals surface area (Å²) in [5.41, 5.74) is 0.816. The van der Waals surface area contributed by atoms with Crippen LogP contribution in [0, 0.1) is 0 Å². The Kier molecular flexibility index (Phi) is 7.34. The molecule has 0 aliphatic carbocycles. The number of carbonyl (C=O) groups is 1. The molecule has 0 spiro atoms. The summed E-state index contributed by atoms with van der Waals surface area (Å²) in [5, 5.41) is 9.73. The van der Waals surface area contributed by atoms with Crippen molar-refractivity contribution in [2.45, 2.75) is 32.7 Å². The first-order valence-corrected chi connectivity index (χ1v) is 7.35. The van der Waals surface area contributed by atoms with Crippen LogP contribution in [0.2, 0.25) is 5.02 Å². The van der Waals surface area contributed by atoms with Crippen LogP contribution in [-0.4, -0.2) is 35.1 Å². The van der Waals surface area contributed by atoms with Gasteiger partial charge in [-0.15, -0.1) is 0 Å². The Balaban J connectivity index is 2.83. The highest BCUT2D eigenvalue weighted by Gasteiger charge is 2.18.